The Balaban J connectivity index is 1.11. The molecule has 0 N–H and O–H groups in total. The number of benzene rings is 10. The zero-order chi connectivity index (χ0) is 44.4. The summed E-state index contributed by atoms with van der Waals surface area (Å²) in [5.41, 5.74) is 23.5. The molecule has 0 radical (unpaired) electrons. The fraction of sp³-hybridized carbons (Fsp3) is 0.108. The van der Waals surface area contributed by atoms with E-state index in [1.807, 2.05) is 0 Å². The number of fused-ring (bicyclic) bond motifs is 11. The summed E-state index contributed by atoms with van der Waals surface area (Å²) in [6.45, 7) is 9.53. The van der Waals surface area contributed by atoms with E-state index in [1.54, 1.807) is 0 Å². The molecule has 0 aromatic heterocycles. The Morgan fingerprint density at radius 1 is 0.288 bits per heavy atom. The lowest BCUT2D eigenvalue weighted by molar-refractivity contribution is 0.660. The van der Waals surface area contributed by atoms with E-state index in [0.29, 0.717) is 0 Å². The third kappa shape index (κ3) is 5.29. The molecule has 3 aliphatic rings. The Hall–Kier alpha value is -7.74. The van der Waals surface area contributed by atoms with Gasteiger partial charge in [-0.1, -0.05) is 210 Å². The van der Waals surface area contributed by atoms with Crippen LogP contribution in [0, 0.1) is 0 Å². The van der Waals surface area contributed by atoms with E-state index in [2.05, 4.69) is 257 Å². The van der Waals surface area contributed by atoms with Crippen molar-refractivity contribution in [3.8, 4) is 44.5 Å². The quantitative estimate of drug-likeness (QED) is 0.161. The maximum atomic E-state index is 2.53. The average molecular weight is 844 g/mol. The fourth-order valence-electron chi connectivity index (χ4n) is 12.5. The monoisotopic (exact) mass is 843 g/mol. The summed E-state index contributed by atoms with van der Waals surface area (Å²) >= 11 is 0. The molecule has 1 nitrogen and oxygen atoms in total. The normalized spacial score (nSPS) is 15.0. The topological polar surface area (TPSA) is 3.24 Å². The summed E-state index contributed by atoms with van der Waals surface area (Å²) in [5.74, 6) is 0. The molecular weight excluding hydrogens is 795 g/mol. The molecule has 66 heavy (non-hydrogen) atoms. The van der Waals surface area contributed by atoms with Gasteiger partial charge in [0.25, 0.3) is 0 Å². The third-order valence-electron chi connectivity index (χ3n) is 15.5. The largest absolute Gasteiger partial charge is 0.310 e. The standard InChI is InChI=1S/C65H49N/c1-63(2)57-30-18-16-27-49(57)51-35-32-46(39-60(51)63)66(47-33-36-52-50-28-17-19-31-58(50)64(3,4)61(52)40-47)45-34-37-59-55(38-45)56-41-54(42-20-8-5-9-21-42)48-26-14-15-29-53(48)62(56)65(59,43-22-10-6-11-23-43)44-24-12-7-13-25-44/h5-41H,1-4H3. The number of anilines is 3. The molecule has 0 saturated carbocycles. The second-order valence-electron chi connectivity index (χ2n) is 19.6. The molecule has 13 rings (SSSR count). The zero-order valence-electron chi connectivity index (χ0n) is 37.8. The highest BCUT2D eigenvalue weighted by Crippen LogP contribution is 2.61. The van der Waals surface area contributed by atoms with Crippen molar-refractivity contribution in [1.82, 2.24) is 0 Å². The van der Waals surface area contributed by atoms with Crippen molar-refractivity contribution < 1.29 is 0 Å². The number of hydrogen-bond acceptors (Lipinski definition) is 1. The van der Waals surface area contributed by atoms with Crippen LogP contribution in [0.3, 0.4) is 0 Å². The molecule has 314 valence electrons. The first-order chi connectivity index (χ1) is 32.3. The lowest BCUT2D eigenvalue weighted by Gasteiger charge is -2.35. The first-order valence-corrected chi connectivity index (χ1v) is 23.4. The van der Waals surface area contributed by atoms with E-state index in [9.17, 15) is 0 Å². The van der Waals surface area contributed by atoms with Gasteiger partial charge in [0.05, 0.1) is 5.41 Å². The first-order valence-electron chi connectivity index (χ1n) is 23.4. The van der Waals surface area contributed by atoms with Crippen molar-refractivity contribution in [3.05, 3.63) is 269 Å². The van der Waals surface area contributed by atoms with Gasteiger partial charge >= 0.3 is 0 Å². The van der Waals surface area contributed by atoms with Crippen LogP contribution in [0.5, 0.6) is 0 Å². The minimum atomic E-state index is -0.571. The van der Waals surface area contributed by atoms with E-state index in [1.165, 1.54) is 99.8 Å². The number of hydrogen-bond donors (Lipinski definition) is 0. The number of rotatable bonds is 6. The van der Waals surface area contributed by atoms with Crippen molar-refractivity contribution in [2.45, 2.75) is 43.9 Å². The van der Waals surface area contributed by atoms with Gasteiger partial charge in [0, 0.05) is 27.9 Å². The highest BCUT2D eigenvalue weighted by Gasteiger charge is 2.48. The van der Waals surface area contributed by atoms with Crippen molar-refractivity contribution in [2.75, 3.05) is 4.90 Å². The van der Waals surface area contributed by atoms with Gasteiger partial charge in [-0.2, -0.15) is 0 Å². The summed E-state index contributed by atoms with van der Waals surface area (Å²) in [6.07, 6.45) is 0. The molecule has 0 spiro atoms. The third-order valence-corrected chi connectivity index (χ3v) is 15.5. The molecule has 0 heterocycles. The van der Waals surface area contributed by atoms with Crippen LogP contribution in [0.25, 0.3) is 55.3 Å². The molecular formula is C65H49N. The summed E-state index contributed by atoms with van der Waals surface area (Å²) in [5, 5.41) is 2.54. The second kappa shape index (κ2) is 14.1. The highest BCUT2D eigenvalue weighted by molar-refractivity contribution is 6.08. The minimum absolute atomic E-state index is 0.147. The van der Waals surface area contributed by atoms with Crippen molar-refractivity contribution in [3.63, 3.8) is 0 Å². The molecule has 0 atom stereocenters. The Kier molecular flexibility index (Phi) is 8.28. The minimum Gasteiger partial charge on any atom is -0.310 e. The van der Waals surface area contributed by atoms with Crippen LogP contribution < -0.4 is 4.90 Å². The zero-order valence-corrected chi connectivity index (χ0v) is 37.8. The maximum absolute atomic E-state index is 2.53. The van der Waals surface area contributed by atoms with Crippen molar-refractivity contribution in [2.24, 2.45) is 0 Å². The number of nitrogens with zero attached hydrogens (tertiary/aromatic N) is 1. The highest BCUT2D eigenvalue weighted by atomic mass is 15.1. The molecule has 0 unspecified atom stereocenters. The molecule has 10 aromatic rings. The van der Waals surface area contributed by atoms with E-state index < -0.39 is 5.41 Å². The fourth-order valence-corrected chi connectivity index (χ4v) is 12.5. The van der Waals surface area contributed by atoms with Crippen molar-refractivity contribution in [1.29, 1.82) is 0 Å². The molecule has 10 aromatic carbocycles. The van der Waals surface area contributed by atoms with Crippen LogP contribution in [0.4, 0.5) is 17.1 Å². The van der Waals surface area contributed by atoms with Gasteiger partial charge < -0.3 is 4.90 Å². The molecule has 0 bridgehead atoms. The summed E-state index contributed by atoms with van der Waals surface area (Å²) in [4.78, 5) is 2.53. The average Bonchev–Trinajstić information content (AvgIpc) is 3.89. The molecule has 3 aliphatic carbocycles. The smallest absolute Gasteiger partial charge is 0.0719 e. The van der Waals surface area contributed by atoms with Crippen LogP contribution in [-0.4, -0.2) is 0 Å². The van der Waals surface area contributed by atoms with Crippen LogP contribution in [0.1, 0.15) is 72.2 Å². The van der Waals surface area contributed by atoms with E-state index in [4.69, 9.17) is 0 Å². The van der Waals surface area contributed by atoms with Gasteiger partial charge in [-0.15, -0.1) is 0 Å². The van der Waals surface area contributed by atoms with Gasteiger partial charge in [0.15, 0.2) is 0 Å². The van der Waals surface area contributed by atoms with Gasteiger partial charge in [-0.3, -0.25) is 0 Å². The Morgan fingerprint density at radius 3 is 1.29 bits per heavy atom. The van der Waals surface area contributed by atoms with Gasteiger partial charge in [0.1, 0.15) is 0 Å². The lowest BCUT2D eigenvalue weighted by Crippen LogP contribution is -2.29. The summed E-state index contributed by atoms with van der Waals surface area (Å²) in [7, 11) is 0. The first kappa shape index (κ1) is 38.7. The van der Waals surface area contributed by atoms with Crippen LogP contribution in [0.15, 0.2) is 224 Å². The predicted octanol–water partition coefficient (Wildman–Crippen LogP) is 17.0. The van der Waals surface area contributed by atoms with Crippen LogP contribution >= 0.6 is 0 Å². The lowest BCUT2D eigenvalue weighted by atomic mass is 9.66. The Labute approximate surface area is 388 Å². The van der Waals surface area contributed by atoms with Crippen LogP contribution in [0.2, 0.25) is 0 Å². The van der Waals surface area contributed by atoms with Crippen molar-refractivity contribution >= 4 is 27.8 Å². The summed E-state index contributed by atoms with van der Waals surface area (Å²) < 4.78 is 0. The second-order valence-corrected chi connectivity index (χ2v) is 19.6. The molecule has 0 saturated heterocycles. The van der Waals surface area contributed by atoms with E-state index >= 15 is 0 Å². The van der Waals surface area contributed by atoms with Crippen LogP contribution in [-0.2, 0) is 16.2 Å². The SMILES string of the molecule is CC1(C)c2ccccc2-c2ccc(N(c3ccc4c(c3)-c3cc(-c5ccccc5)c5ccccc5c3C4(c3ccccc3)c3ccccc3)c3ccc4c(c3)C(C)(C)c3ccccc3-4)cc21. The van der Waals surface area contributed by atoms with E-state index in [0.717, 1.165) is 17.1 Å². The maximum Gasteiger partial charge on any atom is 0.0719 e. The predicted molar refractivity (Wildman–Crippen MR) is 276 cm³/mol. The van der Waals surface area contributed by atoms with E-state index in [-0.39, 0.29) is 10.8 Å². The summed E-state index contributed by atoms with van der Waals surface area (Å²) in [6, 6.07) is 84.6. The Morgan fingerprint density at radius 2 is 0.727 bits per heavy atom. The molecule has 0 fully saturated rings. The van der Waals surface area contributed by atoms with Gasteiger partial charge in [-0.05, 0) is 142 Å². The molecule has 1 heteroatoms. The molecule has 0 amide bonds. The van der Waals surface area contributed by atoms with Gasteiger partial charge in [-0.25, -0.2) is 0 Å². The molecule has 0 aliphatic heterocycles. The Bertz CT molecular complexity index is 3430. The van der Waals surface area contributed by atoms with Gasteiger partial charge in [0.2, 0.25) is 0 Å².